The minimum Gasteiger partial charge on any atom is -0.395 e. The van der Waals surface area contributed by atoms with E-state index in [1.54, 1.807) is 0 Å². The second kappa shape index (κ2) is 9.35. The number of aliphatic hydroxyl groups is 2. The second-order valence-electron chi connectivity index (χ2n) is 8.60. The SMILES string of the molecule is CC(C)c1ccc(CN2CCCC(O)(CN3CCN(CCO)CC3)C2=O)cc1. The molecule has 28 heavy (non-hydrogen) atoms. The van der Waals surface area contributed by atoms with Crippen molar-refractivity contribution in [2.24, 2.45) is 0 Å². The maximum atomic E-state index is 13.1. The third-order valence-electron chi connectivity index (χ3n) is 6.09. The fourth-order valence-corrected chi connectivity index (χ4v) is 4.27. The van der Waals surface area contributed by atoms with Crippen LogP contribution in [0.3, 0.4) is 0 Å². The standard InChI is InChI=1S/C22H35N3O3/c1-18(2)20-6-4-19(5-7-20)16-25-9-3-8-22(28,21(25)27)17-24-12-10-23(11-13-24)14-15-26/h4-7,18,26,28H,3,8-17H2,1-2H3. The number of aliphatic hydroxyl groups excluding tert-OH is 1. The van der Waals surface area contributed by atoms with Crippen LogP contribution in [0.1, 0.15) is 43.7 Å². The lowest BCUT2D eigenvalue weighted by Gasteiger charge is -2.43. The zero-order valence-electron chi connectivity index (χ0n) is 17.3. The maximum absolute atomic E-state index is 13.1. The van der Waals surface area contributed by atoms with Crippen molar-refractivity contribution in [3.8, 4) is 0 Å². The average molecular weight is 390 g/mol. The molecule has 156 valence electrons. The van der Waals surface area contributed by atoms with E-state index in [0.717, 1.165) is 38.2 Å². The summed E-state index contributed by atoms with van der Waals surface area (Å²) in [6, 6.07) is 8.45. The van der Waals surface area contributed by atoms with Crippen molar-refractivity contribution in [2.45, 2.75) is 44.8 Å². The molecule has 2 N–H and O–H groups in total. The highest BCUT2D eigenvalue weighted by molar-refractivity contribution is 5.86. The Bertz CT molecular complexity index is 641. The molecule has 1 unspecified atom stereocenters. The topological polar surface area (TPSA) is 67.2 Å². The van der Waals surface area contributed by atoms with Crippen LogP contribution in [0.2, 0.25) is 0 Å². The molecule has 0 aliphatic carbocycles. The van der Waals surface area contributed by atoms with E-state index in [1.165, 1.54) is 5.56 Å². The number of benzene rings is 1. The van der Waals surface area contributed by atoms with Gasteiger partial charge in [0.05, 0.1) is 6.61 Å². The maximum Gasteiger partial charge on any atom is 0.256 e. The van der Waals surface area contributed by atoms with Gasteiger partial charge in [-0.2, -0.15) is 0 Å². The highest BCUT2D eigenvalue weighted by Gasteiger charge is 2.43. The first-order valence-electron chi connectivity index (χ1n) is 10.6. The van der Waals surface area contributed by atoms with E-state index >= 15 is 0 Å². The number of piperazine rings is 1. The van der Waals surface area contributed by atoms with Crippen molar-refractivity contribution in [1.82, 2.24) is 14.7 Å². The molecule has 0 spiro atoms. The van der Waals surface area contributed by atoms with Gasteiger partial charge in [-0.3, -0.25) is 14.6 Å². The van der Waals surface area contributed by atoms with Crippen molar-refractivity contribution in [3.05, 3.63) is 35.4 Å². The first-order chi connectivity index (χ1) is 13.4. The number of rotatable bonds is 7. The lowest BCUT2D eigenvalue weighted by atomic mass is 9.90. The van der Waals surface area contributed by atoms with Crippen LogP contribution in [-0.4, -0.2) is 88.8 Å². The first kappa shape index (κ1) is 21.2. The van der Waals surface area contributed by atoms with Gasteiger partial charge in [0.2, 0.25) is 0 Å². The normalized spacial score (nSPS) is 24.9. The minimum absolute atomic E-state index is 0.135. The third kappa shape index (κ3) is 5.11. The summed E-state index contributed by atoms with van der Waals surface area (Å²) in [4.78, 5) is 19.3. The van der Waals surface area contributed by atoms with Gasteiger partial charge in [-0.15, -0.1) is 0 Å². The van der Waals surface area contributed by atoms with Crippen LogP contribution in [0.5, 0.6) is 0 Å². The van der Waals surface area contributed by atoms with E-state index < -0.39 is 5.60 Å². The Morgan fingerprint density at radius 2 is 1.68 bits per heavy atom. The van der Waals surface area contributed by atoms with E-state index in [1.807, 2.05) is 4.90 Å². The van der Waals surface area contributed by atoms with Crippen molar-refractivity contribution < 1.29 is 15.0 Å². The molecule has 2 aliphatic rings. The highest BCUT2D eigenvalue weighted by atomic mass is 16.3. The number of piperidine rings is 1. The van der Waals surface area contributed by atoms with Crippen molar-refractivity contribution in [1.29, 1.82) is 0 Å². The predicted molar refractivity (Wildman–Crippen MR) is 110 cm³/mol. The van der Waals surface area contributed by atoms with Crippen LogP contribution in [-0.2, 0) is 11.3 Å². The van der Waals surface area contributed by atoms with Gasteiger partial charge in [0.1, 0.15) is 0 Å². The summed E-state index contributed by atoms with van der Waals surface area (Å²) in [6.07, 6.45) is 1.36. The van der Waals surface area contributed by atoms with Gasteiger partial charge in [0.25, 0.3) is 5.91 Å². The number of likely N-dealkylation sites (tertiary alicyclic amines) is 1. The molecule has 2 aliphatic heterocycles. The van der Waals surface area contributed by atoms with Crippen LogP contribution in [0.4, 0.5) is 0 Å². The molecule has 1 aromatic rings. The Balaban J connectivity index is 1.58. The lowest BCUT2D eigenvalue weighted by Crippen LogP contribution is -2.60. The molecule has 1 aromatic carbocycles. The van der Waals surface area contributed by atoms with Gasteiger partial charge in [0, 0.05) is 52.4 Å². The smallest absolute Gasteiger partial charge is 0.256 e. The van der Waals surface area contributed by atoms with Crippen LogP contribution < -0.4 is 0 Å². The zero-order chi connectivity index (χ0) is 20.1. The second-order valence-corrected chi connectivity index (χ2v) is 8.60. The van der Waals surface area contributed by atoms with Crippen LogP contribution in [0, 0.1) is 0 Å². The molecule has 0 bridgehead atoms. The summed E-state index contributed by atoms with van der Waals surface area (Å²) in [7, 11) is 0. The predicted octanol–water partition coefficient (Wildman–Crippen LogP) is 1.27. The molecule has 1 atom stereocenters. The van der Waals surface area contributed by atoms with Crippen LogP contribution >= 0.6 is 0 Å². The van der Waals surface area contributed by atoms with E-state index in [-0.39, 0.29) is 12.5 Å². The van der Waals surface area contributed by atoms with Gasteiger partial charge in [0.15, 0.2) is 5.60 Å². The van der Waals surface area contributed by atoms with Crippen molar-refractivity contribution in [2.75, 3.05) is 52.4 Å². The van der Waals surface area contributed by atoms with Crippen LogP contribution in [0.25, 0.3) is 0 Å². The highest BCUT2D eigenvalue weighted by Crippen LogP contribution is 2.26. The van der Waals surface area contributed by atoms with Crippen LogP contribution in [0.15, 0.2) is 24.3 Å². The fourth-order valence-electron chi connectivity index (χ4n) is 4.27. The lowest BCUT2D eigenvalue weighted by molar-refractivity contribution is -0.160. The number of hydrogen-bond donors (Lipinski definition) is 2. The monoisotopic (exact) mass is 389 g/mol. The van der Waals surface area contributed by atoms with Gasteiger partial charge < -0.3 is 15.1 Å². The molecule has 6 nitrogen and oxygen atoms in total. The molecule has 2 fully saturated rings. The van der Waals surface area contributed by atoms with Gasteiger partial charge in [-0.1, -0.05) is 38.1 Å². The quantitative estimate of drug-likeness (QED) is 0.735. The Morgan fingerprint density at radius 3 is 2.29 bits per heavy atom. The Kier molecular flexibility index (Phi) is 7.10. The number of nitrogens with zero attached hydrogens (tertiary/aromatic N) is 3. The van der Waals surface area contributed by atoms with E-state index in [2.05, 4.69) is 47.9 Å². The summed E-state index contributed by atoms with van der Waals surface area (Å²) in [5.41, 5.74) is 1.13. The number of carbonyl (C=O) groups is 1. The Labute approximate surface area is 168 Å². The zero-order valence-corrected chi connectivity index (χ0v) is 17.3. The van der Waals surface area contributed by atoms with Crippen molar-refractivity contribution >= 4 is 5.91 Å². The molecule has 2 saturated heterocycles. The number of carbonyl (C=O) groups excluding carboxylic acids is 1. The molecule has 6 heteroatoms. The molecule has 3 rings (SSSR count). The summed E-state index contributed by atoms with van der Waals surface area (Å²) >= 11 is 0. The molecule has 1 amide bonds. The third-order valence-corrected chi connectivity index (χ3v) is 6.09. The molecular formula is C22H35N3O3. The summed E-state index contributed by atoms with van der Waals surface area (Å²) in [5, 5.41) is 20.2. The molecule has 0 aromatic heterocycles. The van der Waals surface area contributed by atoms with E-state index in [9.17, 15) is 9.90 Å². The Hall–Kier alpha value is -1.47. The average Bonchev–Trinajstić information content (AvgIpc) is 2.68. The van der Waals surface area contributed by atoms with Gasteiger partial charge in [-0.05, 0) is 29.9 Å². The number of amides is 1. The molecular weight excluding hydrogens is 354 g/mol. The van der Waals surface area contributed by atoms with Crippen molar-refractivity contribution in [3.63, 3.8) is 0 Å². The first-order valence-corrected chi connectivity index (χ1v) is 10.6. The summed E-state index contributed by atoms with van der Waals surface area (Å²) in [5.74, 6) is 0.359. The van der Waals surface area contributed by atoms with E-state index in [0.29, 0.717) is 38.5 Å². The van der Waals surface area contributed by atoms with E-state index in [4.69, 9.17) is 5.11 Å². The molecule has 0 saturated carbocycles. The molecule has 2 heterocycles. The number of β-amino-alcohol motifs (C(OH)–C–C–N with tert-alkyl or cyclic N) is 2. The summed E-state index contributed by atoms with van der Waals surface area (Å²) < 4.78 is 0. The van der Waals surface area contributed by atoms with Gasteiger partial charge >= 0.3 is 0 Å². The number of hydrogen-bond acceptors (Lipinski definition) is 5. The Morgan fingerprint density at radius 1 is 1.04 bits per heavy atom. The minimum atomic E-state index is -1.28. The summed E-state index contributed by atoms with van der Waals surface area (Å²) in [6.45, 7) is 10.3. The molecule has 0 radical (unpaired) electrons. The fraction of sp³-hybridized carbons (Fsp3) is 0.682. The van der Waals surface area contributed by atoms with Gasteiger partial charge in [-0.25, -0.2) is 0 Å². The largest absolute Gasteiger partial charge is 0.395 e.